The molecule has 0 aromatic heterocycles. The lowest BCUT2D eigenvalue weighted by Gasteiger charge is -2.27. The van der Waals surface area contributed by atoms with Crippen LogP contribution in [0.4, 0.5) is 0 Å². The second-order valence-corrected chi connectivity index (χ2v) is 10.2. The van der Waals surface area contributed by atoms with Crippen LogP contribution in [-0.4, -0.2) is 24.4 Å². The van der Waals surface area contributed by atoms with Gasteiger partial charge in [0, 0.05) is 29.1 Å². The van der Waals surface area contributed by atoms with Gasteiger partial charge >= 0.3 is 0 Å². The van der Waals surface area contributed by atoms with E-state index in [2.05, 4.69) is 31.0 Å². The molecule has 2 fully saturated rings. The number of rotatable bonds is 11. The molecule has 0 bridgehead atoms. The largest absolute Gasteiger partial charge is 0.381 e. The minimum atomic E-state index is -0.196. The van der Waals surface area contributed by atoms with Crippen molar-refractivity contribution >= 4 is 29.3 Å². The Morgan fingerprint density at radius 3 is 2.69 bits per heavy atom. The fourth-order valence-corrected chi connectivity index (χ4v) is 5.19. The van der Waals surface area contributed by atoms with Crippen molar-refractivity contribution in [2.45, 2.75) is 80.8 Å². The van der Waals surface area contributed by atoms with Crippen LogP contribution < -0.4 is 5.32 Å². The number of thioether (sulfide) groups is 1. The summed E-state index contributed by atoms with van der Waals surface area (Å²) in [7, 11) is 0. The third-order valence-electron chi connectivity index (χ3n) is 5.78. The van der Waals surface area contributed by atoms with Gasteiger partial charge in [0.1, 0.15) is 0 Å². The lowest BCUT2D eigenvalue weighted by molar-refractivity contribution is -0.122. The maximum atomic E-state index is 13.2. The molecule has 1 N–H and O–H groups in total. The maximum absolute atomic E-state index is 13.2. The number of nitrogens with one attached hydrogen (secondary N) is 1. The van der Waals surface area contributed by atoms with E-state index in [-0.39, 0.29) is 11.8 Å². The summed E-state index contributed by atoms with van der Waals surface area (Å²) in [5.41, 5.74) is 1.84. The Morgan fingerprint density at radius 1 is 1.28 bits per heavy atom. The number of carbonyl (C=O) groups is 1. The summed E-state index contributed by atoms with van der Waals surface area (Å²) >= 11 is 8.45. The van der Waals surface area contributed by atoms with Crippen LogP contribution in [0.1, 0.15) is 76.2 Å². The van der Waals surface area contributed by atoms with Crippen LogP contribution in [0.2, 0.25) is 5.02 Å². The van der Waals surface area contributed by atoms with Gasteiger partial charge in [-0.1, -0.05) is 44.0 Å². The summed E-state index contributed by atoms with van der Waals surface area (Å²) in [6.45, 7) is 7.84. The Morgan fingerprint density at radius 2 is 2.03 bits per heavy atom. The summed E-state index contributed by atoms with van der Waals surface area (Å²) in [4.78, 5) is 14.3. The Balaban J connectivity index is 1.70. The Hall–Kier alpha value is -0.970. The molecule has 29 heavy (non-hydrogen) atoms. The highest BCUT2D eigenvalue weighted by Gasteiger charge is 2.28. The second kappa shape index (κ2) is 11.4. The average Bonchev–Trinajstić information content (AvgIpc) is 3.53. The van der Waals surface area contributed by atoms with Crippen molar-refractivity contribution in [2.24, 2.45) is 5.92 Å². The topological polar surface area (TPSA) is 38.3 Å². The molecule has 3 nitrogen and oxygen atoms in total. The van der Waals surface area contributed by atoms with E-state index in [9.17, 15) is 4.79 Å². The molecule has 1 aromatic carbocycles. The van der Waals surface area contributed by atoms with Crippen molar-refractivity contribution in [2.75, 3.05) is 13.2 Å². The first-order valence-electron chi connectivity index (χ1n) is 11.1. The zero-order valence-electron chi connectivity index (χ0n) is 17.6. The van der Waals surface area contributed by atoms with Gasteiger partial charge in [-0.05, 0) is 68.6 Å². The number of hydrogen-bond acceptors (Lipinski definition) is 3. The van der Waals surface area contributed by atoms with Gasteiger partial charge in [0.05, 0.1) is 10.9 Å². The molecule has 160 valence electrons. The van der Waals surface area contributed by atoms with Crippen LogP contribution in [0.5, 0.6) is 0 Å². The van der Waals surface area contributed by atoms with Crippen LogP contribution in [-0.2, 0) is 9.53 Å². The average molecular weight is 436 g/mol. The number of benzene rings is 1. The second-order valence-electron chi connectivity index (χ2n) is 8.40. The van der Waals surface area contributed by atoms with Crippen molar-refractivity contribution in [3.8, 4) is 0 Å². The van der Waals surface area contributed by atoms with E-state index >= 15 is 0 Å². The van der Waals surface area contributed by atoms with E-state index in [1.54, 1.807) is 0 Å². The molecule has 1 amide bonds. The van der Waals surface area contributed by atoms with E-state index < -0.39 is 0 Å². The number of halogens is 1. The summed E-state index contributed by atoms with van der Waals surface area (Å²) < 4.78 is 5.51. The number of carbonyl (C=O) groups excluding carboxylic acids is 1. The predicted octanol–water partition coefficient (Wildman–Crippen LogP) is 6.71. The van der Waals surface area contributed by atoms with Crippen LogP contribution in [0.25, 0.3) is 0 Å². The third-order valence-corrected chi connectivity index (χ3v) is 7.62. The molecule has 1 saturated heterocycles. The molecule has 1 heterocycles. The van der Waals surface area contributed by atoms with Crippen molar-refractivity contribution in [3.05, 3.63) is 41.1 Å². The van der Waals surface area contributed by atoms with Gasteiger partial charge in [0.2, 0.25) is 5.91 Å². The van der Waals surface area contributed by atoms with Gasteiger partial charge in [-0.3, -0.25) is 4.79 Å². The van der Waals surface area contributed by atoms with E-state index in [1.165, 1.54) is 12.8 Å². The van der Waals surface area contributed by atoms with Crippen molar-refractivity contribution < 1.29 is 9.53 Å². The van der Waals surface area contributed by atoms with Gasteiger partial charge in [-0.25, -0.2) is 0 Å². The Labute approximate surface area is 185 Å². The highest BCUT2D eigenvalue weighted by Crippen LogP contribution is 2.43. The monoisotopic (exact) mass is 435 g/mol. The lowest BCUT2D eigenvalue weighted by atomic mass is 9.84. The van der Waals surface area contributed by atoms with Gasteiger partial charge in [-0.15, -0.1) is 11.8 Å². The zero-order chi connectivity index (χ0) is 20.6. The Bertz CT molecular complexity index is 698. The molecule has 1 unspecified atom stereocenters. The number of amides is 1. The van der Waals surface area contributed by atoms with Crippen LogP contribution >= 0.6 is 23.4 Å². The van der Waals surface area contributed by atoms with Gasteiger partial charge in [0.15, 0.2) is 0 Å². The highest BCUT2D eigenvalue weighted by molar-refractivity contribution is 8.00. The molecule has 5 heteroatoms. The SMILES string of the molecule is C=C(CCCCC)NC(=O)C(CC1CCOCC1)c1ccc(SC2CC2)c(Cl)c1. The third kappa shape index (κ3) is 7.34. The molecule has 1 atom stereocenters. The first-order valence-corrected chi connectivity index (χ1v) is 12.3. The van der Waals surface area contributed by atoms with E-state index in [0.29, 0.717) is 11.2 Å². The van der Waals surface area contributed by atoms with E-state index in [0.717, 1.165) is 79.3 Å². The van der Waals surface area contributed by atoms with Crippen molar-refractivity contribution in [3.63, 3.8) is 0 Å². The van der Waals surface area contributed by atoms with Gasteiger partial charge < -0.3 is 10.1 Å². The first kappa shape index (κ1) is 22.7. The predicted molar refractivity (Wildman–Crippen MR) is 123 cm³/mol. The van der Waals surface area contributed by atoms with Crippen LogP contribution in [0.3, 0.4) is 0 Å². The molecule has 1 saturated carbocycles. The smallest absolute Gasteiger partial charge is 0.231 e. The summed E-state index contributed by atoms with van der Waals surface area (Å²) in [6, 6.07) is 6.21. The standard InChI is InChI=1S/C24H34ClNO2S/c1-3-4-5-6-17(2)26-24(27)21(15-18-11-13-28-14-12-18)19-7-10-23(22(25)16-19)29-20-8-9-20/h7,10,16,18,20-21H,2-6,8-9,11-15H2,1H3,(H,26,27). The first-order chi connectivity index (χ1) is 14.1. The normalized spacial score (nSPS) is 18.4. The number of allylic oxidation sites excluding steroid dienone is 1. The molecular formula is C24H34ClNO2S. The fourth-order valence-electron chi connectivity index (χ4n) is 3.82. The maximum Gasteiger partial charge on any atom is 0.231 e. The Kier molecular flexibility index (Phi) is 8.95. The van der Waals surface area contributed by atoms with Crippen LogP contribution in [0.15, 0.2) is 35.4 Å². The van der Waals surface area contributed by atoms with Crippen molar-refractivity contribution in [1.29, 1.82) is 0 Å². The number of unbranched alkanes of at least 4 members (excludes halogenated alkanes) is 2. The van der Waals surface area contributed by atoms with Crippen molar-refractivity contribution in [1.82, 2.24) is 5.32 Å². The molecule has 1 aromatic rings. The summed E-state index contributed by atoms with van der Waals surface area (Å²) in [5.74, 6) is 0.363. The van der Waals surface area contributed by atoms with E-state index in [1.807, 2.05) is 17.8 Å². The highest BCUT2D eigenvalue weighted by atomic mass is 35.5. The fraction of sp³-hybridized carbons (Fsp3) is 0.625. The molecule has 2 aliphatic rings. The molecule has 3 rings (SSSR count). The van der Waals surface area contributed by atoms with Crippen LogP contribution in [0, 0.1) is 5.92 Å². The molecular weight excluding hydrogens is 402 g/mol. The molecule has 1 aliphatic heterocycles. The zero-order valence-corrected chi connectivity index (χ0v) is 19.1. The molecule has 0 radical (unpaired) electrons. The minimum Gasteiger partial charge on any atom is -0.381 e. The lowest BCUT2D eigenvalue weighted by Crippen LogP contribution is -2.31. The number of ether oxygens (including phenoxy) is 1. The van der Waals surface area contributed by atoms with E-state index in [4.69, 9.17) is 16.3 Å². The summed E-state index contributed by atoms with van der Waals surface area (Å²) in [6.07, 6.45) is 9.67. The molecule has 0 spiro atoms. The van der Waals surface area contributed by atoms with Gasteiger partial charge in [0.25, 0.3) is 0 Å². The quantitative estimate of drug-likeness (QED) is 0.392. The molecule has 1 aliphatic carbocycles. The number of hydrogen-bond donors (Lipinski definition) is 1. The minimum absolute atomic E-state index is 0.0525. The van der Waals surface area contributed by atoms with Gasteiger partial charge in [-0.2, -0.15) is 0 Å². The summed E-state index contributed by atoms with van der Waals surface area (Å²) in [5, 5.41) is 4.57.